The standard InChI is InChI=1S/C22H20F3NO4/c1-29-17-8-6-13(7-9-17)18-11-16(12-19(27)20(18)21(28)30-2)26-15-5-3-4-14(10-15)22(23,24)25/h3-10,12,18,20,26H,11H2,1-2H3. The lowest BCUT2D eigenvalue weighted by atomic mass is 9.76. The third-order valence-corrected chi connectivity index (χ3v) is 4.96. The summed E-state index contributed by atoms with van der Waals surface area (Å²) >= 11 is 0. The van der Waals surface area contributed by atoms with E-state index in [9.17, 15) is 22.8 Å². The van der Waals surface area contributed by atoms with Crippen LogP contribution >= 0.6 is 0 Å². The van der Waals surface area contributed by atoms with Gasteiger partial charge in [0.25, 0.3) is 0 Å². The maximum Gasteiger partial charge on any atom is 0.416 e. The van der Waals surface area contributed by atoms with Crippen LogP contribution in [0.4, 0.5) is 18.9 Å². The van der Waals surface area contributed by atoms with Crippen molar-refractivity contribution in [2.45, 2.75) is 18.5 Å². The molecule has 2 aromatic carbocycles. The van der Waals surface area contributed by atoms with Crippen molar-refractivity contribution in [1.82, 2.24) is 0 Å². The Hall–Kier alpha value is -3.29. The number of benzene rings is 2. The number of methoxy groups -OCH3 is 2. The number of hydrogen-bond donors (Lipinski definition) is 1. The van der Waals surface area contributed by atoms with Gasteiger partial charge in [-0.25, -0.2) is 0 Å². The van der Waals surface area contributed by atoms with Gasteiger partial charge < -0.3 is 14.8 Å². The van der Waals surface area contributed by atoms with Crippen LogP contribution < -0.4 is 10.1 Å². The Balaban J connectivity index is 1.91. The summed E-state index contributed by atoms with van der Waals surface area (Å²) in [4.78, 5) is 25.0. The van der Waals surface area contributed by atoms with Crippen LogP contribution in [0.2, 0.25) is 0 Å². The number of ketones is 1. The van der Waals surface area contributed by atoms with E-state index in [2.05, 4.69) is 5.32 Å². The highest BCUT2D eigenvalue weighted by atomic mass is 19.4. The van der Waals surface area contributed by atoms with Gasteiger partial charge in [0.1, 0.15) is 11.7 Å². The maximum atomic E-state index is 13.0. The van der Waals surface area contributed by atoms with Crippen molar-refractivity contribution in [1.29, 1.82) is 0 Å². The highest BCUT2D eigenvalue weighted by Gasteiger charge is 2.39. The molecule has 0 fully saturated rings. The van der Waals surface area contributed by atoms with Crippen molar-refractivity contribution >= 4 is 17.4 Å². The van der Waals surface area contributed by atoms with Gasteiger partial charge >= 0.3 is 12.1 Å². The van der Waals surface area contributed by atoms with Gasteiger partial charge in [-0.3, -0.25) is 9.59 Å². The van der Waals surface area contributed by atoms with Gasteiger partial charge in [-0.2, -0.15) is 13.2 Å². The summed E-state index contributed by atoms with van der Waals surface area (Å²) in [6.07, 6.45) is -2.98. The summed E-state index contributed by atoms with van der Waals surface area (Å²) in [5.74, 6) is -2.07. The molecule has 8 heteroatoms. The maximum absolute atomic E-state index is 13.0. The molecule has 0 amide bonds. The molecule has 0 saturated carbocycles. The summed E-state index contributed by atoms with van der Waals surface area (Å²) in [7, 11) is 2.73. The lowest BCUT2D eigenvalue weighted by Gasteiger charge is -2.29. The predicted octanol–water partition coefficient (Wildman–Crippen LogP) is 4.56. The van der Waals surface area contributed by atoms with E-state index in [1.807, 2.05) is 0 Å². The van der Waals surface area contributed by atoms with Crippen LogP contribution in [0.5, 0.6) is 5.75 Å². The second-order valence-electron chi connectivity index (χ2n) is 6.86. The van der Waals surface area contributed by atoms with Crippen molar-refractivity contribution in [2.24, 2.45) is 5.92 Å². The fourth-order valence-corrected chi connectivity index (χ4v) is 3.49. The molecule has 1 N–H and O–H groups in total. The molecular weight excluding hydrogens is 399 g/mol. The van der Waals surface area contributed by atoms with Gasteiger partial charge in [-0.05, 0) is 42.3 Å². The molecule has 158 valence electrons. The molecular formula is C22H20F3NO4. The molecule has 1 aliphatic rings. The Morgan fingerprint density at radius 2 is 1.80 bits per heavy atom. The lowest BCUT2D eigenvalue weighted by molar-refractivity contribution is -0.149. The van der Waals surface area contributed by atoms with E-state index in [0.29, 0.717) is 11.4 Å². The summed E-state index contributed by atoms with van der Waals surface area (Å²) < 4.78 is 48.9. The van der Waals surface area contributed by atoms with Crippen LogP contribution in [0, 0.1) is 5.92 Å². The van der Waals surface area contributed by atoms with E-state index >= 15 is 0 Å². The zero-order valence-electron chi connectivity index (χ0n) is 16.3. The summed E-state index contributed by atoms with van der Waals surface area (Å²) in [6, 6.07) is 11.6. The van der Waals surface area contributed by atoms with Crippen LogP contribution in [0.1, 0.15) is 23.5 Å². The van der Waals surface area contributed by atoms with Crippen LogP contribution in [0.15, 0.2) is 60.3 Å². The Morgan fingerprint density at radius 1 is 1.10 bits per heavy atom. The highest BCUT2D eigenvalue weighted by molar-refractivity contribution is 6.07. The molecule has 0 radical (unpaired) electrons. The Labute approximate surface area is 171 Å². The quantitative estimate of drug-likeness (QED) is 0.569. The second-order valence-corrected chi connectivity index (χ2v) is 6.86. The molecule has 5 nitrogen and oxygen atoms in total. The zero-order chi connectivity index (χ0) is 21.9. The number of allylic oxidation sites excluding steroid dienone is 2. The van der Waals surface area contributed by atoms with Crippen molar-refractivity contribution in [3.05, 3.63) is 71.4 Å². The monoisotopic (exact) mass is 419 g/mol. The van der Waals surface area contributed by atoms with Gasteiger partial charge in [0, 0.05) is 23.4 Å². The molecule has 0 spiro atoms. The molecule has 3 rings (SSSR count). The minimum absolute atomic E-state index is 0.203. The molecule has 0 aliphatic heterocycles. The first-order valence-electron chi connectivity index (χ1n) is 9.13. The zero-order valence-corrected chi connectivity index (χ0v) is 16.3. The average Bonchev–Trinajstić information content (AvgIpc) is 2.72. The second kappa shape index (κ2) is 8.61. The van der Waals surface area contributed by atoms with E-state index in [-0.39, 0.29) is 12.1 Å². The molecule has 2 unspecified atom stereocenters. The van der Waals surface area contributed by atoms with Crippen LogP contribution in [0.3, 0.4) is 0 Å². The normalized spacial score (nSPS) is 19.1. The molecule has 0 saturated heterocycles. The van der Waals surface area contributed by atoms with Crippen LogP contribution in [0.25, 0.3) is 0 Å². The first-order chi connectivity index (χ1) is 14.2. The topological polar surface area (TPSA) is 64.6 Å². The molecule has 2 atom stereocenters. The number of anilines is 1. The fraction of sp³-hybridized carbons (Fsp3) is 0.273. The predicted molar refractivity (Wildman–Crippen MR) is 104 cm³/mol. The smallest absolute Gasteiger partial charge is 0.416 e. The summed E-state index contributed by atoms with van der Waals surface area (Å²) in [6.45, 7) is 0. The molecule has 30 heavy (non-hydrogen) atoms. The first kappa shape index (κ1) is 21.4. The summed E-state index contributed by atoms with van der Waals surface area (Å²) in [5.41, 5.74) is 0.541. The van der Waals surface area contributed by atoms with Gasteiger partial charge in [0.05, 0.1) is 19.8 Å². The minimum atomic E-state index is -4.48. The Bertz CT molecular complexity index is 967. The van der Waals surface area contributed by atoms with Gasteiger partial charge in [0.2, 0.25) is 0 Å². The van der Waals surface area contributed by atoms with E-state index in [1.54, 1.807) is 24.3 Å². The number of halogens is 3. The number of rotatable bonds is 5. The van der Waals surface area contributed by atoms with E-state index in [0.717, 1.165) is 17.7 Å². The van der Waals surface area contributed by atoms with Gasteiger partial charge in [-0.1, -0.05) is 18.2 Å². The minimum Gasteiger partial charge on any atom is -0.497 e. The molecule has 0 bridgehead atoms. The lowest BCUT2D eigenvalue weighted by Crippen LogP contribution is -2.34. The number of alkyl halides is 3. The van der Waals surface area contributed by atoms with E-state index in [1.165, 1.54) is 32.4 Å². The number of esters is 1. The first-order valence-corrected chi connectivity index (χ1v) is 9.13. The van der Waals surface area contributed by atoms with Crippen molar-refractivity contribution in [2.75, 3.05) is 19.5 Å². The number of ether oxygens (including phenoxy) is 2. The van der Waals surface area contributed by atoms with Crippen LogP contribution in [-0.2, 0) is 20.5 Å². The SMILES string of the molecule is COC(=O)C1C(=O)C=C(Nc2cccc(C(F)(F)F)c2)CC1c1ccc(OC)cc1. The third-order valence-electron chi connectivity index (χ3n) is 4.96. The number of carbonyl (C=O) groups excluding carboxylic acids is 2. The van der Waals surface area contributed by atoms with Crippen molar-refractivity contribution < 1.29 is 32.2 Å². The number of hydrogen-bond acceptors (Lipinski definition) is 5. The highest BCUT2D eigenvalue weighted by Crippen LogP contribution is 2.38. The summed E-state index contributed by atoms with van der Waals surface area (Å²) in [5, 5.41) is 2.89. The van der Waals surface area contributed by atoms with Crippen LogP contribution in [-0.4, -0.2) is 26.0 Å². The largest absolute Gasteiger partial charge is 0.497 e. The van der Waals surface area contributed by atoms with Crippen molar-refractivity contribution in [3.63, 3.8) is 0 Å². The van der Waals surface area contributed by atoms with E-state index < -0.39 is 35.3 Å². The molecule has 2 aromatic rings. The molecule has 0 aromatic heterocycles. The Morgan fingerprint density at radius 3 is 2.40 bits per heavy atom. The third kappa shape index (κ3) is 4.64. The Kier molecular flexibility index (Phi) is 6.14. The fourth-order valence-electron chi connectivity index (χ4n) is 3.49. The number of nitrogens with one attached hydrogen (secondary N) is 1. The number of carbonyl (C=O) groups is 2. The molecule has 1 aliphatic carbocycles. The van der Waals surface area contributed by atoms with E-state index in [4.69, 9.17) is 9.47 Å². The average molecular weight is 419 g/mol. The molecule has 0 heterocycles. The van der Waals surface area contributed by atoms with Gasteiger partial charge in [0.15, 0.2) is 5.78 Å². The van der Waals surface area contributed by atoms with Crippen molar-refractivity contribution in [3.8, 4) is 5.75 Å². The van der Waals surface area contributed by atoms with Gasteiger partial charge in [-0.15, -0.1) is 0 Å².